The van der Waals surface area contributed by atoms with E-state index in [4.69, 9.17) is 9.15 Å². The van der Waals surface area contributed by atoms with Gasteiger partial charge in [-0.3, -0.25) is 24.1 Å². The topological polar surface area (TPSA) is 93.9 Å². The van der Waals surface area contributed by atoms with Crippen molar-refractivity contribution < 1.29 is 28.3 Å². The molecule has 1 aromatic heterocycles. The Morgan fingerprint density at radius 2 is 1.70 bits per heavy atom. The first-order valence-corrected chi connectivity index (χ1v) is 9.90. The zero-order valence-electron chi connectivity index (χ0n) is 17.2. The fourth-order valence-corrected chi connectivity index (χ4v) is 3.86. The molecule has 156 valence electrons. The number of fused-ring (bicyclic) bond motifs is 2. The molecule has 0 unspecified atom stereocenters. The molecule has 2 aromatic rings. The van der Waals surface area contributed by atoms with Crippen LogP contribution in [0.4, 0.5) is 0 Å². The molecule has 2 heterocycles. The third-order valence-electron chi connectivity index (χ3n) is 5.10. The third-order valence-corrected chi connectivity index (χ3v) is 5.10. The summed E-state index contributed by atoms with van der Waals surface area (Å²) in [5, 5.41) is 0. The van der Waals surface area contributed by atoms with Gasteiger partial charge in [0.25, 0.3) is 0 Å². The highest BCUT2D eigenvalue weighted by molar-refractivity contribution is 6.28. The van der Waals surface area contributed by atoms with Gasteiger partial charge in [-0.05, 0) is 11.5 Å². The van der Waals surface area contributed by atoms with Gasteiger partial charge in [-0.1, -0.05) is 45.0 Å². The second kappa shape index (κ2) is 7.32. The van der Waals surface area contributed by atoms with Gasteiger partial charge < -0.3 is 9.15 Å². The minimum atomic E-state index is -0.643. The maximum Gasteiger partial charge on any atom is 0.314 e. The van der Waals surface area contributed by atoms with Gasteiger partial charge in [-0.25, -0.2) is 0 Å². The van der Waals surface area contributed by atoms with Crippen LogP contribution in [0.1, 0.15) is 69.8 Å². The van der Waals surface area contributed by atoms with Crippen LogP contribution in [0.2, 0.25) is 0 Å². The number of hydrogen-bond acceptors (Lipinski definition) is 7. The Bertz CT molecular complexity index is 999. The number of likely N-dealkylation sites (tertiary alicyclic amines) is 1. The van der Waals surface area contributed by atoms with E-state index in [-0.39, 0.29) is 45.5 Å². The molecule has 0 atom stereocenters. The molecule has 30 heavy (non-hydrogen) atoms. The molecule has 4 rings (SSSR count). The Hall–Kier alpha value is -3.06. The van der Waals surface area contributed by atoms with E-state index in [1.54, 1.807) is 24.3 Å². The molecule has 7 heteroatoms. The molecule has 2 aliphatic rings. The minimum absolute atomic E-state index is 0.0484. The number of furan rings is 1. The fourth-order valence-electron chi connectivity index (χ4n) is 3.86. The molecule has 7 nitrogen and oxygen atoms in total. The zero-order chi connectivity index (χ0) is 21.6. The monoisotopic (exact) mass is 409 g/mol. The van der Waals surface area contributed by atoms with E-state index in [9.17, 15) is 19.2 Å². The zero-order valence-corrected chi connectivity index (χ0v) is 17.2. The minimum Gasteiger partial charge on any atom is -0.459 e. The summed E-state index contributed by atoms with van der Waals surface area (Å²) in [6, 6.07) is 7.67. The van der Waals surface area contributed by atoms with E-state index in [0.717, 1.165) is 6.54 Å². The van der Waals surface area contributed by atoms with Gasteiger partial charge in [0.1, 0.15) is 12.5 Å². The lowest BCUT2D eigenvalue weighted by atomic mass is 9.88. The molecule has 0 amide bonds. The summed E-state index contributed by atoms with van der Waals surface area (Å²) in [4.78, 5) is 52.0. The highest BCUT2D eigenvalue weighted by atomic mass is 16.5. The van der Waals surface area contributed by atoms with Gasteiger partial charge >= 0.3 is 5.97 Å². The Morgan fingerprint density at radius 1 is 1.07 bits per heavy atom. The number of rotatable bonds is 5. The molecular weight excluding hydrogens is 386 g/mol. The van der Waals surface area contributed by atoms with Gasteiger partial charge in [0.05, 0.1) is 5.56 Å². The van der Waals surface area contributed by atoms with Crippen LogP contribution in [0.25, 0.3) is 0 Å². The van der Waals surface area contributed by atoms with Crippen molar-refractivity contribution >= 4 is 23.3 Å². The number of carbonyl (C=O) groups is 4. The predicted molar refractivity (Wildman–Crippen MR) is 107 cm³/mol. The standard InChI is InChI=1S/C23H23NO6/c1-23(2,3)12-24-10-13(11-24)29-19(26)9-17(25)18-8-16-20(27)14-6-4-5-7-15(14)21(28)22(16)30-18/h4-8,13H,9-12H2,1-3H3. The van der Waals surface area contributed by atoms with Crippen molar-refractivity contribution in [2.75, 3.05) is 19.6 Å². The first-order valence-electron chi connectivity index (χ1n) is 9.90. The van der Waals surface area contributed by atoms with Gasteiger partial charge in [0.15, 0.2) is 17.3 Å². The summed E-state index contributed by atoms with van der Waals surface area (Å²) >= 11 is 0. The summed E-state index contributed by atoms with van der Waals surface area (Å²) in [5.74, 6) is -2.43. The van der Waals surface area contributed by atoms with Gasteiger partial charge in [0.2, 0.25) is 11.6 Å². The Morgan fingerprint density at radius 3 is 2.33 bits per heavy atom. The lowest BCUT2D eigenvalue weighted by molar-refractivity contribution is -0.157. The number of Topliss-reactive ketones (excluding diaryl/α,β-unsaturated/α-hetero) is 1. The Labute approximate surface area is 174 Å². The smallest absolute Gasteiger partial charge is 0.314 e. The molecule has 0 spiro atoms. The second-order valence-corrected chi connectivity index (χ2v) is 9.02. The van der Waals surface area contributed by atoms with Crippen molar-refractivity contribution in [1.82, 2.24) is 4.90 Å². The van der Waals surface area contributed by atoms with Crippen LogP contribution in [0.5, 0.6) is 0 Å². The average molecular weight is 409 g/mol. The summed E-state index contributed by atoms with van der Waals surface area (Å²) < 4.78 is 10.7. The molecule has 0 bridgehead atoms. The number of benzene rings is 1. The second-order valence-electron chi connectivity index (χ2n) is 9.02. The van der Waals surface area contributed by atoms with Crippen molar-refractivity contribution in [3.8, 4) is 0 Å². The maximum atomic E-state index is 12.6. The summed E-state index contributed by atoms with van der Waals surface area (Å²) in [6.07, 6.45) is -0.729. The van der Waals surface area contributed by atoms with Crippen LogP contribution in [-0.4, -0.2) is 54.0 Å². The number of ketones is 3. The van der Waals surface area contributed by atoms with Crippen LogP contribution in [0.15, 0.2) is 34.7 Å². The van der Waals surface area contributed by atoms with E-state index < -0.39 is 24.0 Å². The maximum absolute atomic E-state index is 12.6. The van der Waals surface area contributed by atoms with Crippen LogP contribution in [0.3, 0.4) is 0 Å². The molecule has 1 aliphatic heterocycles. The van der Waals surface area contributed by atoms with Gasteiger partial charge in [-0.15, -0.1) is 0 Å². The Kier molecular flexibility index (Phi) is 4.94. The number of esters is 1. The lowest BCUT2D eigenvalue weighted by Crippen LogP contribution is -2.55. The van der Waals surface area contributed by atoms with Crippen molar-refractivity contribution in [2.45, 2.75) is 33.3 Å². The summed E-state index contributed by atoms with van der Waals surface area (Å²) in [6.45, 7) is 8.62. The lowest BCUT2D eigenvalue weighted by Gasteiger charge is -2.41. The molecule has 1 fully saturated rings. The van der Waals surface area contributed by atoms with E-state index in [0.29, 0.717) is 13.1 Å². The number of carbonyl (C=O) groups excluding carboxylic acids is 4. The molecule has 0 saturated carbocycles. The van der Waals surface area contributed by atoms with Gasteiger partial charge in [0, 0.05) is 30.8 Å². The van der Waals surface area contributed by atoms with Crippen molar-refractivity contribution in [3.63, 3.8) is 0 Å². The van der Waals surface area contributed by atoms with E-state index in [1.807, 2.05) is 0 Å². The SMILES string of the molecule is CC(C)(C)CN1CC(OC(=O)CC(=O)c2cc3c(o2)C(=O)c2ccccc2C3=O)C1. The van der Waals surface area contributed by atoms with Crippen molar-refractivity contribution in [3.05, 3.63) is 58.5 Å². The average Bonchev–Trinajstić information content (AvgIpc) is 3.09. The van der Waals surface area contributed by atoms with Gasteiger partial charge in [-0.2, -0.15) is 0 Å². The van der Waals surface area contributed by atoms with E-state index in [2.05, 4.69) is 25.7 Å². The number of nitrogens with zero attached hydrogens (tertiary/aromatic N) is 1. The molecule has 0 N–H and O–H groups in total. The quantitative estimate of drug-likeness (QED) is 0.363. The first kappa shape index (κ1) is 20.2. The van der Waals surface area contributed by atoms with Crippen LogP contribution in [0, 0.1) is 5.41 Å². The van der Waals surface area contributed by atoms with E-state index in [1.165, 1.54) is 6.07 Å². The molecule has 1 aliphatic carbocycles. The molecule has 1 saturated heterocycles. The number of ether oxygens (including phenoxy) is 1. The molecule has 1 aromatic carbocycles. The third kappa shape index (κ3) is 3.85. The van der Waals surface area contributed by atoms with Crippen molar-refractivity contribution in [2.24, 2.45) is 5.41 Å². The van der Waals surface area contributed by atoms with E-state index >= 15 is 0 Å². The number of hydrogen-bond donors (Lipinski definition) is 0. The van der Waals surface area contributed by atoms with Crippen LogP contribution in [-0.2, 0) is 9.53 Å². The normalized spacial score (nSPS) is 16.6. The molecule has 0 radical (unpaired) electrons. The molecular formula is C23H23NO6. The van der Waals surface area contributed by atoms with Crippen LogP contribution >= 0.6 is 0 Å². The highest BCUT2D eigenvalue weighted by Gasteiger charge is 2.36. The van der Waals surface area contributed by atoms with Crippen LogP contribution < -0.4 is 0 Å². The highest BCUT2D eigenvalue weighted by Crippen LogP contribution is 2.30. The van der Waals surface area contributed by atoms with Crippen molar-refractivity contribution in [1.29, 1.82) is 0 Å². The Balaban J connectivity index is 1.38. The largest absolute Gasteiger partial charge is 0.459 e. The first-order chi connectivity index (χ1) is 14.1. The predicted octanol–water partition coefficient (Wildman–Crippen LogP) is 2.90. The summed E-state index contributed by atoms with van der Waals surface area (Å²) in [7, 11) is 0. The fraction of sp³-hybridized carbons (Fsp3) is 0.391. The summed E-state index contributed by atoms with van der Waals surface area (Å²) in [5.41, 5.74) is 0.733.